The number of allylic oxidation sites excluding steroid dienone is 1. The fourth-order valence-electron chi connectivity index (χ4n) is 2.59. The lowest BCUT2D eigenvalue weighted by molar-refractivity contribution is 0.106. The Labute approximate surface area is 128 Å². The van der Waals surface area contributed by atoms with Crippen molar-refractivity contribution in [2.45, 2.75) is 45.1 Å². The third-order valence-electron chi connectivity index (χ3n) is 3.89. The minimum absolute atomic E-state index is 0.336. The van der Waals surface area contributed by atoms with Crippen molar-refractivity contribution in [3.8, 4) is 5.75 Å². The van der Waals surface area contributed by atoms with Crippen molar-refractivity contribution in [1.29, 1.82) is 0 Å². The Morgan fingerprint density at radius 1 is 1.38 bits per heavy atom. The summed E-state index contributed by atoms with van der Waals surface area (Å²) in [6.07, 6.45) is 7.78. The van der Waals surface area contributed by atoms with Gasteiger partial charge in [0.1, 0.15) is 18.5 Å². The fraction of sp³-hybridized carbons (Fsp3) is 0.556. The summed E-state index contributed by atoms with van der Waals surface area (Å²) in [6.45, 7) is 3.98. The summed E-state index contributed by atoms with van der Waals surface area (Å²) in [5.41, 5.74) is 2.81. The van der Waals surface area contributed by atoms with Crippen molar-refractivity contribution < 1.29 is 9.84 Å². The molecule has 21 heavy (non-hydrogen) atoms. The smallest absolute Gasteiger partial charge is 0.119 e. The molecule has 1 aliphatic rings. The molecule has 1 aromatic rings. The molecular formula is C18H27NO2. The van der Waals surface area contributed by atoms with Crippen LogP contribution in [-0.2, 0) is 6.42 Å². The number of benzene rings is 1. The van der Waals surface area contributed by atoms with E-state index in [2.05, 4.69) is 24.4 Å². The highest BCUT2D eigenvalue weighted by molar-refractivity contribution is 5.28. The Morgan fingerprint density at radius 3 is 3.05 bits per heavy atom. The highest BCUT2D eigenvalue weighted by Crippen LogP contribution is 2.19. The average Bonchev–Trinajstić information content (AvgIpc) is 3.03. The molecule has 0 saturated heterocycles. The van der Waals surface area contributed by atoms with Crippen LogP contribution in [0.25, 0.3) is 0 Å². The molecule has 2 N–H and O–H groups in total. The second kappa shape index (κ2) is 8.85. The minimum Gasteiger partial charge on any atom is -0.491 e. The van der Waals surface area contributed by atoms with Crippen molar-refractivity contribution in [3.05, 3.63) is 41.5 Å². The topological polar surface area (TPSA) is 41.5 Å². The Kier molecular flexibility index (Phi) is 6.77. The lowest BCUT2D eigenvalue weighted by Crippen LogP contribution is -2.32. The molecule has 0 saturated carbocycles. The molecule has 3 nitrogen and oxygen atoms in total. The zero-order chi connectivity index (χ0) is 14.9. The minimum atomic E-state index is -0.465. The first-order chi connectivity index (χ1) is 10.3. The molecule has 0 radical (unpaired) electrons. The molecule has 1 aromatic carbocycles. The lowest BCUT2D eigenvalue weighted by atomic mass is 10.1. The van der Waals surface area contributed by atoms with E-state index < -0.39 is 6.10 Å². The summed E-state index contributed by atoms with van der Waals surface area (Å²) in [4.78, 5) is 0. The number of ether oxygens (including phenoxy) is 1. The van der Waals surface area contributed by atoms with Gasteiger partial charge in [-0.15, -0.1) is 0 Å². The molecule has 1 aliphatic carbocycles. The number of aliphatic hydroxyl groups is 1. The maximum absolute atomic E-state index is 9.93. The Hall–Kier alpha value is -1.32. The predicted octanol–water partition coefficient (Wildman–Crippen LogP) is 3.08. The Bertz CT molecular complexity index is 456. The van der Waals surface area contributed by atoms with E-state index in [0.717, 1.165) is 25.1 Å². The van der Waals surface area contributed by atoms with Crippen LogP contribution in [-0.4, -0.2) is 30.9 Å². The molecule has 3 heteroatoms. The molecular weight excluding hydrogens is 262 g/mol. The summed E-state index contributed by atoms with van der Waals surface area (Å²) in [5, 5.41) is 13.2. The monoisotopic (exact) mass is 289 g/mol. The fourth-order valence-corrected chi connectivity index (χ4v) is 2.59. The van der Waals surface area contributed by atoms with E-state index in [1.54, 1.807) is 5.57 Å². The molecule has 2 rings (SSSR count). The van der Waals surface area contributed by atoms with Gasteiger partial charge in [0.05, 0.1) is 0 Å². The zero-order valence-electron chi connectivity index (χ0n) is 13.0. The molecule has 0 aliphatic heterocycles. The summed E-state index contributed by atoms with van der Waals surface area (Å²) in [5.74, 6) is 0.838. The van der Waals surface area contributed by atoms with Gasteiger partial charge in [0.2, 0.25) is 0 Å². The van der Waals surface area contributed by atoms with Crippen LogP contribution in [0.3, 0.4) is 0 Å². The van der Waals surface area contributed by atoms with Crippen LogP contribution in [0.1, 0.15) is 38.2 Å². The first kappa shape index (κ1) is 16.1. The predicted molar refractivity (Wildman–Crippen MR) is 86.7 cm³/mol. The maximum Gasteiger partial charge on any atom is 0.119 e. The first-order valence-corrected chi connectivity index (χ1v) is 8.06. The van der Waals surface area contributed by atoms with Gasteiger partial charge in [0, 0.05) is 6.54 Å². The molecule has 0 spiro atoms. The standard InChI is InChI=1S/C18H27NO2/c1-2-15-8-5-9-18(12-15)21-14-17(20)13-19-11-10-16-6-3-4-7-16/h5-6,8-9,12,17,19-20H,2-4,7,10-11,13-14H2,1H3. The van der Waals surface area contributed by atoms with Crippen molar-refractivity contribution in [2.75, 3.05) is 19.7 Å². The third-order valence-corrected chi connectivity index (χ3v) is 3.89. The van der Waals surface area contributed by atoms with Gasteiger partial charge in [0.15, 0.2) is 0 Å². The Morgan fingerprint density at radius 2 is 2.29 bits per heavy atom. The molecule has 1 atom stereocenters. The number of hydrogen-bond acceptors (Lipinski definition) is 3. The van der Waals surface area contributed by atoms with Crippen LogP contribution >= 0.6 is 0 Å². The van der Waals surface area contributed by atoms with Gasteiger partial charge in [-0.25, -0.2) is 0 Å². The highest BCUT2D eigenvalue weighted by Gasteiger charge is 2.07. The molecule has 1 unspecified atom stereocenters. The number of aliphatic hydroxyl groups excluding tert-OH is 1. The van der Waals surface area contributed by atoms with Gasteiger partial charge < -0.3 is 15.2 Å². The third kappa shape index (κ3) is 5.90. The zero-order valence-corrected chi connectivity index (χ0v) is 13.0. The molecule has 0 heterocycles. The van der Waals surface area contributed by atoms with E-state index in [1.165, 1.54) is 24.8 Å². The first-order valence-electron chi connectivity index (χ1n) is 8.06. The largest absolute Gasteiger partial charge is 0.491 e. The summed E-state index contributed by atoms with van der Waals surface area (Å²) >= 11 is 0. The van der Waals surface area contributed by atoms with Gasteiger partial charge in [0.25, 0.3) is 0 Å². The second-order valence-corrected chi connectivity index (χ2v) is 5.67. The van der Waals surface area contributed by atoms with E-state index in [1.807, 2.05) is 18.2 Å². The highest BCUT2D eigenvalue weighted by atomic mass is 16.5. The average molecular weight is 289 g/mol. The van der Waals surface area contributed by atoms with Crippen LogP contribution in [0.15, 0.2) is 35.9 Å². The van der Waals surface area contributed by atoms with E-state index >= 15 is 0 Å². The number of nitrogens with one attached hydrogen (secondary N) is 1. The Balaban J connectivity index is 1.59. The number of hydrogen-bond donors (Lipinski definition) is 2. The van der Waals surface area contributed by atoms with Crippen molar-refractivity contribution >= 4 is 0 Å². The molecule has 116 valence electrons. The van der Waals surface area contributed by atoms with E-state index in [4.69, 9.17) is 4.74 Å². The van der Waals surface area contributed by atoms with Gasteiger partial charge in [-0.3, -0.25) is 0 Å². The molecule has 0 bridgehead atoms. The second-order valence-electron chi connectivity index (χ2n) is 5.67. The van der Waals surface area contributed by atoms with Crippen LogP contribution in [0.5, 0.6) is 5.75 Å². The maximum atomic E-state index is 9.93. The molecule has 0 aromatic heterocycles. The quantitative estimate of drug-likeness (QED) is 0.542. The SMILES string of the molecule is CCc1cccc(OCC(O)CNCCC2=CCCC2)c1. The van der Waals surface area contributed by atoms with Crippen LogP contribution in [0, 0.1) is 0 Å². The van der Waals surface area contributed by atoms with E-state index in [-0.39, 0.29) is 0 Å². The van der Waals surface area contributed by atoms with Crippen LogP contribution in [0.2, 0.25) is 0 Å². The van der Waals surface area contributed by atoms with Crippen molar-refractivity contribution in [1.82, 2.24) is 5.32 Å². The summed E-state index contributed by atoms with van der Waals surface area (Å²) in [6, 6.07) is 8.05. The van der Waals surface area contributed by atoms with E-state index in [9.17, 15) is 5.11 Å². The van der Waals surface area contributed by atoms with Crippen LogP contribution in [0.4, 0.5) is 0 Å². The molecule has 0 fully saturated rings. The summed E-state index contributed by atoms with van der Waals surface area (Å²) in [7, 11) is 0. The molecule has 0 amide bonds. The van der Waals surface area contributed by atoms with Gasteiger partial charge >= 0.3 is 0 Å². The summed E-state index contributed by atoms with van der Waals surface area (Å²) < 4.78 is 5.64. The van der Waals surface area contributed by atoms with Crippen LogP contribution < -0.4 is 10.1 Å². The van der Waals surface area contributed by atoms with E-state index in [0.29, 0.717) is 13.2 Å². The number of aryl methyl sites for hydroxylation is 1. The van der Waals surface area contributed by atoms with Crippen molar-refractivity contribution in [2.24, 2.45) is 0 Å². The normalized spacial score (nSPS) is 15.8. The van der Waals surface area contributed by atoms with Gasteiger partial charge in [-0.05, 0) is 56.3 Å². The lowest BCUT2D eigenvalue weighted by Gasteiger charge is -2.14. The van der Waals surface area contributed by atoms with Crippen molar-refractivity contribution in [3.63, 3.8) is 0 Å². The number of rotatable bonds is 9. The van der Waals surface area contributed by atoms with Gasteiger partial charge in [-0.2, -0.15) is 0 Å². The van der Waals surface area contributed by atoms with Gasteiger partial charge in [-0.1, -0.05) is 30.7 Å².